The molecular weight excluding hydrogens is 192 g/mol. The van der Waals surface area contributed by atoms with Crippen LogP contribution >= 0.6 is 23.8 Å². The Morgan fingerprint density at radius 3 is 2.67 bits per heavy atom. The maximum atomic E-state index is 5.51. The van der Waals surface area contributed by atoms with Gasteiger partial charge in [0, 0.05) is 18.5 Å². The lowest BCUT2D eigenvalue weighted by molar-refractivity contribution is 0.623. The minimum absolute atomic E-state index is 0.598. The second-order valence-corrected chi connectivity index (χ2v) is 3.86. The molecule has 2 nitrogen and oxygen atoms in total. The van der Waals surface area contributed by atoms with Gasteiger partial charge in [-0.3, -0.25) is 0 Å². The van der Waals surface area contributed by atoms with Crippen molar-refractivity contribution < 1.29 is 0 Å². The van der Waals surface area contributed by atoms with E-state index in [-0.39, 0.29) is 0 Å². The van der Waals surface area contributed by atoms with E-state index in [0.29, 0.717) is 11.9 Å². The van der Waals surface area contributed by atoms with Crippen molar-refractivity contribution in [3.05, 3.63) is 0 Å². The van der Waals surface area contributed by atoms with Crippen LogP contribution in [0.5, 0.6) is 0 Å². The summed E-state index contributed by atoms with van der Waals surface area (Å²) in [6.45, 7) is 0.750. The van der Waals surface area contributed by atoms with Crippen LogP contribution < -0.4 is 10.6 Å². The van der Waals surface area contributed by atoms with Crippen molar-refractivity contribution in [1.29, 1.82) is 0 Å². The summed E-state index contributed by atoms with van der Waals surface area (Å²) in [5.74, 6) is 0.604. The van der Waals surface area contributed by atoms with Gasteiger partial charge in [0.2, 0.25) is 0 Å². The first-order valence-corrected chi connectivity index (χ1v) is 5.37. The van der Waals surface area contributed by atoms with Crippen LogP contribution in [-0.2, 0) is 0 Å². The second-order valence-electron chi connectivity index (χ2n) is 3.07. The van der Waals surface area contributed by atoms with Gasteiger partial charge in [-0.1, -0.05) is 12.8 Å². The summed E-state index contributed by atoms with van der Waals surface area (Å²) in [5.41, 5.74) is 0. The Labute approximate surface area is 84.0 Å². The molecule has 1 aliphatic rings. The maximum Gasteiger partial charge on any atom is 0.166 e. The molecule has 1 saturated carbocycles. The predicted molar refractivity (Wildman–Crippen MR) is 56.7 cm³/mol. The Bertz CT molecular complexity index is 146. The van der Waals surface area contributed by atoms with Crippen LogP contribution in [-0.4, -0.2) is 23.6 Å². The first kappa shape index (κ1) is 10.1. The van der Waals surface area contributed by atoms with E-state index in [1.807, 2.05) is 0 Å². The third-order valence-corrected chi connectivity index (χ3v) is 2.52. The first-order chi connectivity index (χ1) is 5.83. The lowest BCUT2D eigenvalue weighted by Gasteiger charge is -2.14. The van der Waals surface area contributed by atoms with Crippen molar-refractivity contribution in [2.45, 2.75) is 31.7 Å². The fourth-order valence-corrected chi connectivity index (χ4v) is 1.83. The highest BCUT2D eigenvalue weighted by atomic mass is 35.5. The highest BCUT2D eigenvalue weighted by molar-refractivity contribution is 7.80. The zero-order valence-corrected chi connectivity index (χ0v) is 8.68. The van der Waals surface area contributed by atoms with Crippen molar-refractivity contribution in [3.8, 4) is 0 Å². The largest absolute Gasteiger partial charge is 0.362 e. The van der Waals surface area contributed by atoms with Crippen LogP contribution in [0.1, 0.15) is 25.7 Å². The van der Waals surface area contributed by atoms with Gasteiger partial charge in [0.25, 0.3) is 0 Å². The van der Waals surface area contributed by atoms with E-state index in [1.54, 1.807) is 0 Å². The molecule has 1 aliphatic carbocycles. The van der Waals surface area contributed by atoms with Gasteiger partial charge in [0.15, 0.2) is 5.11 Å². The van der Waals surface area contributed by atoms with Crippen LogP contribution in [0.4, 0.5) is 0 Å². The van der Waals surface area contributed by atoms with Gasteiger partial charge in [-0.25, -0.2) is 0 Å². The summed E-state index contributed by atoms with van der Waals surface area (Å²) in [7, 11) is 0. The zero-order chi connectivity index (χ0) is 8.81. The maximum absolute atomic E-state index is 5.51. The van der Waals surface area contributed by atoms with Crippen molar-refractivity contribution in [2.75, 3.05) is 12.4 Å². The number of hydrogen-bond donors (Lipinski definition) is 2. The van der Waals surface area contributed by atoms with E-state index in [2.05, 4.69) is 10.6 Å². The number of hydrogen-bond acceptors (Lipinski definition) is 1. The molecule has 0 heterocycles. The zero-order valence-electron chi connectivity index (χ0n) is 7.11. The molecule has 1 rings (SSSR count). The average molecular weight is 207 g/mol. The predicted octanol–water partition coefficient (Wildman–Crippen LogP) is 1.63. The van der Waals surface area contributed by atoms with Crippen molar-refractivity contribution in [2.24, 2.45) is 0 Å². The molecule has 70 valence electrons. The summed E-state index contributed by atoms with van der Waals surface area (Å²) in [5, 5.41) is 7.08. The van der Waals surface area contributed by atoms with Crippen LogP contribution in [0.25, 0.3) is 0 Å². The Morgan fingerprint density at radius 1 is 1.42 bits per heavy atom. The summed E-state index contributed by atoms with van der Waals surface area (Å²) in [4.78, 5) is 0. The van der Waals surface area contributed by atoms with E-state index >= 15 is 0 Å². The van der Waals surface area contributed by atoms with Gasteiger partial charge in [0.05, 0.1) is 0 Å². The Morgan fingerprint density at radius 2 is 2.08 bits per heavy atom. The summed E-state index contributed by atoms with van der Waals surface area (Å²) in [6.07, 6.45) is 5.16. The lowest BCUT2D eigenvalue weighted by atomic mass is 10.3. The number of thiocarbonyl (C=S) groups is 1. The van der Waals surface area contributed by atoms with Crippen LogP contribution in [0, 0.1) is 0 Å². The monoisotopic (exact) mass is 206 g/mol. The molecular formula is C8H15ClN2S. The molecule has 0 unspecified atom stereocenters. The molecule has 0 aromatic carbocycles. The topological polar surface area (TPSA) is 24.1 Å². The van der Waals surface area contributed by atoms with Crippen molar-refractivity contribution in [1.82, 2.24) is 10.6 Å². The van der Waals surface area contributed by atoms with Gasteiger partial charge in [-0.2, -0.15) is 0 Å². The van der Waals surface area contributed by atoms with Crippen LogP contribution in [0.15, 0.2) is 0 Å². The van der Waals surface area contributed by atoms with Gasteiger partial charge in [-0.05, 0) is 25.1 Å². The summed E-state index contributed by atoms with van der Waals surface area (Å²) < 4.78 is 0. The fourth-order valence-electron chi connectivity index (χ4n) is 1.47. The van der Waals surface area contributed by atoms with Crippen molar-refractivity contribution >= 4 is 28.9 Å². The molecule has 0 bridgehead atoms. The Kier molecular flexibility index (Phi) is 4.69. The second kappa shape index (κ2) is 5.60. The molecule has 0 aliphatic heterocycles. The number of halogens is 1. The molecule has 0 aromatic rings. The Hall–Kier alpha value is -0.0200. The minimum atomic E-state index is 0.598. The SMILES string of the molecule is S=C(NCCCl)NC1CCCC1. The van der Waals surface area contributed by atoms with Crippen LogP contribution in [0.3, 0.4) is 0 Å². The third kappa shape index (κ3) is 3.59. The van der Waals surface area contributed by atoms with E-state index in [1.165, 1.54) is 25.7 Å². The number of alkyl halides is 1. The van der Waals surface area contributed by atoms with E-state index in [4.69, 9.17) is 23.8 Å². The molecule has 0 amide bonds. The van der Waals surface area contributed by atoms with E-state index in [9.17, 15) is 0 Å². The normalized spacial score (nSPS) is 17.8. The molecule has 1 fully saturated rings. The fraction of sp³-hybridized carbons (Fsp3) is 0.875. The van der Waals surface area contributed by atoms with Crippen molar-refractivity contribution in [3.63, 3.8) is 0 Å². The van der Waals surface area contributed by atoms with E-state index in [0.717, 1.165) is 11.7 Å². The van der Waals surface area contributed by atoms with Gasteiger partial charge < -0.3 is 10.6 Å². The molecule has 2 N–H and O–H groups in total. The quantitative estimate of drug-likeness (QED) is 0.542. The standard InChI is InChI=1S/C8H15ClN2S/c9-5-6-10-8(12)11-7-3-1-2-4-7/h7H,1-6H2,(H2,10,11,12). The highest BCUT2D eigenvalue weighted by Crippen LogP contribution is 2.17. The highest BCUT2D eigenvalue weighted by Gasteiger charge is 2.14. The molecule has 0 aromatic heterocycles. The molecule has 0 radical (unpaired) electrons. The van der Waals surface area contributed by atoms with Gasteiger partial charge in [-0.15, -0.1) is 11.6 Å². The molecule has 12 heavy (non-hydrogen) atoms. The molecule has 4 heteroatoms. The minimum Gasteiger partial charge on any atom is -0.362 e. The Balaban J connectivity index is 2.08. The third-order valence-electron chi connectivity index (χ3n) is 2.07. The number of rotatable bonds is 3. The van der Waals surface area contributed by atoms with E-state index < -0.39 is 0 Å². The van der Waals surface area contributed by atoms with Crippen LogP contribution in [0.2, 0.25) is 0 Å². The summed E-state index contributed by atoms with van der Waals surface area (Å²) in [6, 6.07) is 0.598. The molecule has 0 spiro atoms. The lowest BCUT2D eigenvalue weighted by Crippen LogP contribution is -2.41. The average Bonchev–Trinajstić information content (AvgIpc) is 2.53. The smallest absolute Gasteiger partial charge is 0.166 e. The first-order valence-electron chi connectivity index (χ1n) is 4.43. The van der Waals surface area contributed by atoms with Gasteiger partial charge >= 0.3 is 0 Å². The summed E-state index contributed by atoms with van der Waals surface area (Å²) >= 11 is 10.6. The molecule has 0 saturated heterocycles. The van der Waals surface area contributed by atoms with Gasteiger partial charge in [0.1, 0.15) is 0 Å². The molecule has 0 atom stereocenters. The number of nitrogens with one attached hydrogen (secondary N) is 2.